The maximum absolute atomic E-state index is 7.38. The number of aromatic nitrogens is 5. The van der Waals surface area contributed by atoms with Crippen LogP contribution in [0.25, 0.3) is 33.3 Å². The van der Waals surface area contributed by atoms with Crippen LogP contribution in [0.15, 0.2) is 48.8 Å². The minimum Gasteiger partial charge on any atom is -0.299 e. The molecule has 0 fully saturated rings. The predicted octanol–water partition coefficient (Wildman–Crippen LogP) is 6.81. The molecular formula is C27H28N6. The number of nitrogens with zero attached hydrogens (tertiary/aromatic N) is 6. The molecule has 0 saturated heterocycles. The zero-order valence-corrected chi connectivity index (χ0v) is 20.0. The largest absolute Gasteiger partial charge is 0.299 e. The van der Waals surface area contributed by atoms with Crippen molar-refractivity contribution in [1.82, 2.24) is 24.5 Å². The number of hydrogen-bond donors (Lipinski definition) is 0. The van der Waals surface area contributed by atoms with Crippen molar-refractivity contribution in [1.29, 1.82) is 0 Å². The van der Waals surface area contributed by atoms with Gasteiger partial charge in [-0.05, 0) is 55.0 Å². The van der Waals surface area contributed by atoms with Crippen molar-refractivity contribution in [3.05, 3.63) is 83.0 Å². The van der Waals surface area contributed by atoms with Crippen LogP contribution >= 0.6 is 0 Å². The van der Waals surface area contributed by atoms with Gasteiger partial charge in [-0.15, -0.1) is 0 Å². The van der Waals surface area contributed by atoms with Gasteiger partial charge in [-0.25, -0.2) is 24.8 Å². The van der Waals surface area contributed by atoms with Gasteiger partial charge in [0.25, 0.3) is 0 Å². The van der Waals surface area contributed by atoms with E-state index in [0.29, 0.717) is 11.5 Å². The highest BCUT2D eigenvalue weighted by Gasteiger charge is 2.21. The summed E-state index contributed by atoms with van der Waals surface area (Å²) in [7, 11) is 0. The highest BCUT2D eigenvalue weighted by molar-refractivity contribution is 5.70. The molecule has 2 heterocycles. The molecule has 0 amide bonds. The third-order valence-electron chi connectivity index (χ3n) is 5.65. The molecule has 4 rings (SSSR count). The van der Waals surface area contributed by atoms with Gasteiger partial charge in [-0.1, -0.05) is 45.9 Å². The van der Waals surface area contributed by atoms with Crippen LogP contribution in [0, 0.1) is 20.4 Å². The predicted molar refractivity (Wildman–Crippen MR) is 132 cm³/mol. The summed E-state index contributed by atoms with van der Waals surface area (Å²) < 4.78 is 2.15. The van der Waals surface area contributed by atoms with E-state index in [0.717, 1.165) is 34.3 Å². The lowest BCUT2D eigenvalue weighted by atomic mass is 9.89. The summed E-state index contributed by atoms with van der Waals surface area (Å²) >= 11 is 0. The fraction of sp³-hybridized carbons (Fsp3) is 0.296. The average molecular weight is 437 g/mol. The highest BCUT2D eigenvalue weighted by atomic mass is 15.1. The van der Waals surface area contributed by atoms with Crippen LogP contribution < -0.4 is 0 Å². The molecule has 0 N–H and O–H groups in total. The molecule has 0 aliphatic heterocycles. The van der Waals surface area contributed by atoms with Gasteiger partial charge in [0, 0.05) is 23.5 Å². The van der Waals surface area contributed by atoms with Crippen molar-refractivity contribution in [3.8, 4) is 28.5 Å². The Hall–Kier alpha value is -3.85. The summed E-state index contributed by atoms with van der Waals surface area (Å²) in [6.45, 7) is 20.0. The van der Waals surface area contributed by atoms with Crippen molar-refractivity contribution in [3.63, 3.8) is 0 Å². The smallest absolute Gasteiger partial charge is 0.187 e. The van der Waals surface area contributed by atoms with E-state index in [2.05, 4.69) is 69.2 Å². The van der Waals surface area contributed by atoms with Gasteiger partial charge in [0.1, 0.15) is 17.5 Å². The van der Waals surface area contributed by atoms with E-state index in [-0.39, 0.29) is 11.8 Å². The molecule has 2 aromatic heterocycles. The molecule has 0 aliphatic rings. The Morgan fingerprint density at radius 3 is 2.06 bits per heavy atom. The minimum absolute atomic E-state index is 0.270. The fourth-order valence-corrected chi connectivity index (χ4v) is 4.12. The molecule has 6 heteroatoms. The van der Waals surface area contributed by atoms with E-state index in [1.54, 1.807) is 0 Å². The standard InChI is InChI=1S/C27H28N6/c1-16(2)23-14-21(26-31-18(5)30-19(6)32-26)15-24(17(3)4)25(23)33-12-11-29-27(33)20-9-8-10-22(13-20)28-7/h8-17H,1-6H3. The second-order valence-corrected chi connectivity index (χ2v) is 8.85. The molecule has 2 aromatic carbocycles. The molecule has 0 aliphatic carbocycles. The first-order valence-electron chi connectivity index (χ1n) is 11.2. The highest BCUT2D eigenvalue weighted by Crippen LogP contribution is 2.37. The van der Waals surface area contributed by atoms with Gasteiger partial charge in [-0.3, -0.25) is 4.57 Å². The van der Waals surface area contributed by atoms with E-state index < -0.39 is 0 Å². The Balaban J connectivity index is 1.99. The first-order valence-corrected chi connectivity index (χ1v) is 11.2. The number of imidazole rings is 1. The Morgan fingerprint density at radius 2 is 1.48 bits per heavy atom. The molecule has 0 radical (unpaired) electrons. The van der Waals surface area contributed by atoms with Crippen LogP contribution in [-0.2, 0) is 0 Å². The van der Waals surface area contributed by atoms with Crippen molar-refractivity contribution < 1.29 is 0 Å². The number of benzene rings is 2. The maximum Gasteiger partial charge on any atom is 0.187 e. The zero-order chi connectivity index (χ0) is 23.7. The van der Waals surface area contributed by atoms with Crippen LogP contribution in [0.2, 0.25) is 0 Å². The normalized spacial score (nSPS) is 11.2. The zero-order valence-electron chi connectivity index (χ0n) is 20.0. The van der Waals surface area contributed by atoms with Crippen LogP contribution in [0.1, 0.15) is 62.3 Å². The van der Waals surface area contributed by atoms with Gasteiger partial charge < -0.3 is 0 Å². The van der Waals surface area contributed by atoms with Gasteiger partial charge in [-0.2, -0.15) is 0 Å². The van der Waals surface area contributed by atoms with Crippen molar-refractivity contribution in [2.75, 3.05) is 0 Å². The summed E-state index contributed by atoms with van der Waals surface area (Å²) in [5.74, 6) is 3.50. The third kappa shape index (κ3) is 4.40. The lowest BCUT2D eigenvalue weighted by Gasteiger charge is -2.23. The number of aryl methyl sites for hydroxylation is 2. The second kappa shape index (κ2) is 8.95. The molecule has 4 aromatic rings. The van der Waals surface area contributed by atoms with Gasteiger partial charge in [0.15, 0.2) is 11.5 Å². The van der Waals surface area contributed by atoms with E-state index >= 15 is 0 Å². The molecule has 33 heavy (non-hydrogen) atoms. The molecule has 0 atom stereocenters. The first kappa shape index (κ1) is 22.3. The first-order chi connectivity index (χ1) is 15.8. The van der Waals surface area contributed by atoms with E-state index in [1.165, 1.54) is 11.1 Å². The van der Waals surface area contributed by atoms with Crippen LogP contribution in [0.3, 0.4) is 0 Å². The Morgan fingerprint density at radius 1 is 0.848 bits per heavy atom. The van der Waals surface area contributed by atoms with Crippen LogP contribution in [0.5, 0.6) is 0 Å². The van der Waals surface area contributed by atoms with Crippen LogP contribution in [0.4, 0.5) is 5.69 Å². The third-order valence-corrected chi connectivity index (χ3v) is 5.65. The Labute approximate surface area is 195 Å². The molecule has 166 valence electrons. The minimum atomic E-state index is 0.270. The van der Waals surface area contributed by atoms with Crippen molar-refractivity contribution in [2.45, 2.75) is 53.4 Å². The lowest BCUT2D eigenvalue weighted by molar-refractivity contribution is 0.806. The number of rotatable bonds is 5. The Kier molecular flexibility index (Phi) is 6.06. The van der Waals surface area contributed by atoms with Gasteiger partial charge in [0.05, 0.1) is 12.3 Å². The second-order valence-electron chi connectivity index (χ2n) is 8.85. The summed E-state index contributed by atoms with van der Waals surface area (Å²) in [4.78, 5) is 21.8. The molecule has 0 saturated carbocycles. The maximum atomic E-state index is 7.38. The monoisotopic (exact) mass is 436 g/mol. The summed E-state index contributed by atoms with van der Waals surface area (Å²) in [6.07, 6.45) is 3.82. The number of hydrogen-bond acceptors (Lipinski definition) is 4. The molecule has 0 bridgehead atoms. The molecule has 6 nitrogen and oxygen atoms in total. The quantitative estimate of drug-likeness (QED) is 0.323. The summed E-state index contributed by atoms with van der Waals surface area (Å²) in [6, 6.07) is 12.0. The molecular weight excluding hydrogens is 408 g/mol. The van der Waals surface area contributed by atoms with Gasteiger partial charge in [0.2, 0.25) is 0 Å². The average Bonchev–Trinajstić information content (AvgIpc) is 3.27. The van der Waals surface area contributed by atoms with E-state index in [4.69, 9.17) is 6.57 Å². The molecule has 0 spiro atoms. The van der Waals surface area contributed by atoms with Gasteiger partial charge >= 0.3 is 0 Å². The summed E-state index contributed by atoms with van der Waals surface area (Å²) in [5, 5.41) is 0. The van der Waals surface area contributed by atoms with E-state index in [9.17, 15) is 0 Å². The fourth-order valence-electron chi connectivity index (χ4n) is 4.12. The van der Waals surface area contributed by atoms with Crippen molar-refractivity contribution in [2.24, 2.45) is 0 Å². The van der Waals surface area contributed by atoms with E-state index in [1.807, 2.05) is 50.5 Å². The molecule has 0 unspecified atom stereocenters. The SMILES string of the molecule is [C-]#[N+]c1cccc(-c2nccn2-c2c(C(C)C)cc(-c3nc(C)nc(C)n3)cc2C(C)C)c1. The van der Waals surface area contributed by atoms with Crippen molar-refractivity contribution >= 4 is 5.69 Å². The lowest BCUT2D eigenvalue weighted by Crippen LogP contribution is -2.09. The van der Waals surface area contributed by atoms with Crippen LogP contribution in [-0.4, -0.2) is 24.5 Å². The Bertz CT molecular complexity index is 1310. The summed E-state index contributed by atoms with van der Waals surface area (Å²) in [5.41, 5.74) is 6.06. The topological polar surface area (TPSA) is 60.9 Å².